The fraction of sp³-hybridized carbons (Fsp3) is 0.611. The fourth-order valence-corrected chi connectivity index (χ4v) is 9.47. The van der Waals surface area contributed by atoms with Gasteiger partial charge in [-0.1, -0.05) is 26.8 Å². The number of hydrogen-bond acceptors (Lipinski definition) is 11. The highest BCUT2D eigenvalue weighted by Gasteiger charge is 2.61. The Hall–Kier alpha value is -3.65. The van der Waals surface area contributed by atoms with E-state index in [-0.39, 0.29) is 31.9 Å². The van der Waals surface area contributed by atoms with Crippen molar-refractivity contribution in [2.45, 2.75) is 108 Å². The first-order valence-corrected chi connectivity index (χ1v) is 20.0. The molecule has 3 saturated carbocycles. The van der Waals surface area contributed by atoms with E-state index in [1.807, 2.05) is 26.2 Å². The molecule has 4 fully saturated rings. The standard InChI is InChI=1S/C36H46N4O8S2/c1-5-22-19-36(22,30(41)21-50(45,46)26-10-11-26)39-32(43)29-17-25(47-24-12-13-37-28(16-24)33-38-14-15-49-33)20-40(29)34(44)27(35(2,3)4)18-31(42)48-23-8-6-7-9-23/h5,12-16,22-23,25-27,29H,1,6-11,17-21H2,2-4H3,(H,39,43)/t22-,25-,27-,29+,36-/m1/s1. The second-order valence-corrected chi connectivity index (χ2v) is 18.3. The largest absolute Gasteiger partial charge is 0.488 e. The molecule has 0 radical (unpaired) electrons. The molecular formula is C36H46N4O8S2. The second kappa shape index (κ2) is 14.2. The Bertz CT molecular complexity index is 1730. The zero-order valence-electron chi connectivity index (χ0n) is 28.8. The van der Waals surface area contributed by atoms with Crippen LogP contribution in [0.3, 0.4) is 0 Å². The number of carbonyl (C=O) groups is 4. The minimum Gasteiger partial charge on any atom is -0.488 e. The molecule has 5 atom stereocenters. The molecule has 270 valence electrons. The van der Waals surface area contributed by atoms with Crippen molar-refractivity contribution >= 4 is 44.7 Å². The molecular weight excluding hydrogens is 681 g/mol. The zero-order valence-corrected chi connectivity index (χ0v) is 30.5. The summed E-state index contributed by atoms with van der Waals surface area (Å²) in [5, 5.41) is 4.92. The summed E-state index contributed by atoms with van der Waals surface area (Å²) < 4.78 is 37.6. The van der Waals surface area contributed by atoms with Crippen LogP contribution in [0.25, 0.3) is 10.7 Å². The maximum Gasteiger partial charge on any atom is 0.306 e. The van der Waals surface area contributed by atoms with Crippen molar-refractivity contribution in [2.24, 2.45) is 17.3 Å². The van der Waals surface area contributed by atoms with Crippen LogP contribution in [-0.2, 0) is 33.8 Å². The van der Waals surface area contributed by atoms with E-state index in [1.54, 1.807) is 30.6 Å². The molecule has 14 heteroatoms. The van der Waals surface area contributed by atoms with Gasteiger partial charge in [0.25, 0.3) is 0 Å². The lowest BCUT2D eigenvalue weighted by Crippen LogP contribution is -2.55. The molecule has 6 rings (SSSR count). The number of nitrogens with one attached hydrogen (secondary N) is 1. The van der Waals surface area contributed by atoms with Gasteiger partial charge >= 0.3 is 5.97 Å². The van der Waals surface area contributed by atoms with Crippen LogP contribution in [0.1, 0.15) is 78.6 Å². The minimum absolute atomic E-state index is 0.0535. The van der Waals surface area contributed by atoms with Gasteiger partial charge in [0.2, 0.25) is 11.8 Å². The molecule has 1 aliphatic heterocycles. The van der Waals surface area contributed by atoms with Crippen LogP contribution >= 0.6 is 11.3 Å². The first-order chi connectivity index (χ1) is 23.7. The Morgan fingerprint density at radius 3 is 2.48 bits per heavy atom. The zero-order chi connectivity index (χ0) is 35.8. The van der Waals surface area contributed by atoms with Gasteiger partial charge in [-0.15, -0.1) is 17.9 Å². The smallest absolute Gasteiger partial charge is 0.306 e. The lowest BCUT2D eigenvalue weighted by Gasteiger charge is -2.35. The number of ketones is 1. The van der Waals surface area contributed by atoms with Gasteiger partial charge in [-0.3, -0.25) is 24.2 Å². The van der Waals surface area contributed by atoms with Crippen molar-refractivity contribution < 1.29 is 37.1 Å². The number of esters is 1. The molecule has 2 aromatic rings. The summed E-state index contributed by atoms with van der Waals surface area (Å²) in [7, 11) is -3.62. The Balaban J connectivity index is 1.24. The lowest BCUT2D eigenvalue weighted by molar-refractivity contribution is -0.156. The normalized spacial score (nSPS) is 25.9. The van der Waals surface area contributed by atoms with E-state index in [0.717, 1.165) is 25.7 Å². The number of rotatable bonds is 14. The first-order valence-electron chi connectivity index (χ1n) is 17.4. The number of aromatic nitrogens is 2. The summed E-state index contributed by atoms with van der Waals surface area (Å²) in [4.78, 5) is 65.5. The van der Waals surface area contributed by atoms with E-state index in [9.17, 15) is 27.6 Å². The maximum atomic E-state index is 14.5. The third-order valence-corrected chi connectivity index (χ3v) is 13.3. The summed E-state index contributed by atoms with van der Waals surface area (Å²) in [6, 6.07) is 2.40. The van der Waals surface area contributed by atoms with Crippen molar-refractivity contribution in [1.29, 1.82) is 0 Å². The van der Waals surface area contributed by atoms with E-state index in [0.29, 0.717) is 29.3 Å². The van der Waals surface area contributed by atoms with Crippen molar-refractivity contribution in [1.82, 2.24) is 20.2 Å². The van der Waals surface area contributed by atoms with Gasteiger partial charge in [0.15, 0.2) is 15.6 Å². The second-order valence-electron chi connectivity index (χ2n) is 15.2. The average molecular weight is 727 g/mol. The maximum absolute atomic E-state index is 14.5. The summed E-state index contributed by atoms with van der Waals surface area (Å²) in [5.41, 5.74) is -1.44. The van der Waals surface area contributed by atoms with E-state index >= 15 is 0 Å². The first kappa shape index (κ1) is 36.2. The van der Waals surface area contributed by atoms with Crippen LogP contribution in [0.15, 0.2) is 42.6 Å². The fourth-order valence-electron chi connectivity index (χ4n) is 7.16. The number of hydrogen-bond donors (Lipinski definition) is 1. The van der Waals surface area contributed by atoms with E-state index in [4.69, 9.17) is 9.47 Å². The molecule has 12 nitrogen and oxygen atoms in total. The number of nitrogens with zero attached hydrogens (tertiary/aromatic N) is 3. The number of thiazole rings is 1. The van der Waals surface area contributed by atoms with Crippen molar-refractivity contribution in [3.05, 3.63) is 42.6 Å². The molecule has 50 heavy (non-hydrogen) atoms. The molecule has 1 N–H and O–H groups in total. The van der Waals surface area contributed by atoms with Crippen LogP contribution < -0.4 is 10.1 Å². The summed E-state index contributed by atoms with van der Waals surface area (Å²) in [5.74, 6) is -3.38. The number of carbonyl (C=O) groups excluding carboxylic acids is 4. The molecule has 2 amide bonds. The lowest BCUT2D eigenvalue weighted by atomic mass is 9.77. The highest BCUT2D eigenvalue weighted by atomic mass is 32.2. The predicted molar refractivity (Wildman–Crippen MR) is 187 cm³/mol. The molecule has 0 bridgehead atoms. The van der Waals surface area contributed by atoms with Gasteiger partial charge in [-0.25, -0.2) is 13.4 Å². The predicted octanol–water partition coefficient (Wildman–Crippen LogP) is 4.30. The highest BCUT2D eigenvalue weighted by Crippen LogP contribution is 2.46. The minimum atomic E-state index is -3.62. The number of amides is 2. The molecule has 1 saturated heterocycles. The van der Waals surface area contributed by atoms with Crippen LogP contribution in [0.5, 0.6) is 5.75 Å². The van der Waals surface area contributed by atoms with Gasteiger partial charge in [-0.2, -0.15) is 0 Å². The Morgan fingerprint density at radius 2 is 1.86 bits per heavy atom. The van der Waals surface area contributed by atoms with Crippen molar-refractivity contribution in [3.63, 3.8) is 0 Å². The SMILES string of the molecule is C=C[C@@H]1C[C@]1(NC(=O)[C@@H]1C[C@@H](Oc2ccnc(-c3nccs3)c2)CN1C(=O)[C@@H](CC(=O)OC1CCCC1)C(C)(C)C)C(=O)CS(=O)(=O)C1CC1. The molecule has 3 aliphatic carbocycles. The summed E-state index contributed by atoms with van der Waals surface area (Å²) in [6.07, 6.45) is 8.96. The Morgan fingerprint density at radius 1 is 1.12 bits per heavy atom. The van der Waals surface area contributed by atoms with Gasteiger partial charge in [0.05, 0.1) is 24.1 Å². The average Bonchev–Trinajstić information content (AvgIpc) is 3.81. The Labute approximate surface area is 297 Å². The summed E-state index contributed by atoms with van der Waals surface area (Å²) in [6.45, 7) is 9.48. The topological polar surface area (TPSA) is 162 Å². The number of ether oxygens (including phenoxy) is 2. The number of sulfone groups is 1. The van der Waals surface area contributed by atoms with Crippen LogP contribution in [0.4, 0.5) is 0 Å². The van der Waals surface area contributed by atoms with E-state index in [1.165, 1.54) is 16.2 Å². The molecule has 0 unspecified atom stereocenters. The van der Waals surface area contributed by atoms with E-state index in [2.05, 4.69) is 21.9 Å². The third kappa shape index (κ3) is 7.96. The van der Waals surface area contributed by atoms with Crippen LogP contribution in [0, 0.1) is 17.3 Å². The van der Waals surface area contributed by atoms with Gasteiger partial charge in [-0.05, 0) is 56.4 Å². The highest BCUT2D eigenvalue weighted by molar-refractivity contribution is 7.93. The molecule has 3 heterocycles. The Kier molecular flexibility index (Phi) is 10.2. The quantitative estimate of drug-likeness (QED) is 0.220. The third-order valence-electron chi connectivity index (χ3n) is 10.4. The number of Topliss-reactive ketones (excluding diaryl/α,β-unsaturated/α-hetero) is 1. The molecule has 0 spiro atoms. The van der Waals surface area contributed by atoms with Gasteiger partial charge < -0.3 is 19.7 Å². The van der Waals surface area contributed by atoms with Crippen molar-refractivity contribution in [2.75, 3.05) is 12.3 Å². The van der Waals surface area contributed by atoms with E-state index < -0.39 is 79.3 Å². The number of likely N-dealkylation sites (tertiary alicyclic amines) is 1. The van der Waals surface area contributed by atoms with Gasteiger partial charge in [0, 0.05) is 36.2 Å². The molecule has 2 aromatic heterocycles. The monoisotopic (exact) mass is 726 g/mol. The summed E-state index contributed by atoms with van der Waals surface area (Å²) >= 11 is 1.43. The van der Waals surface area contributed by atoms with Crippen molar-refractivity contribution in [3.8, 4) is 16.5 Å². The number of pyridine rings is 1. The van der Waals surface area contributed by atoms with Crippen LogP contribution in [0.2, 0.25) is 0 Å². The molecule has 0 aromatic carbocycles. The van der Waals surface area contributed by atoms with Crippen LogP contribution in [-0.4, -0.2) is 88.2 Å². The molecule has 4 aliphatic rings. The van der Waals surface area contributed by atoms with Gasteiger partial charge in [0.1, 0.15) is 46.0 Å².